The Kier molecular flexibility index (Phi) is 2.60. The van der Waals surface area contributed by atoms with Crippen molar-refractivity contribution >= 4 is 23.3 Å². The molecule has 0 bridgehead atoms. The van der Waals surface area contributed by atoms with Gasteiger partial charge in [0.05, 0.1) is 12.1 Å². The summed E-state index contributed by atoms with van der Waals surface area (Å²) in [6, 6.07) is 11.7. The van der Waals surface area contributed by atoms with Crippen molar-refractivity contribution in [1.29, 1.82) is 0 Å². The van der Waals surface area contributed by atoms with Crippen molar-refractivity contribution < 1.29 is 0 Å². The minimum atomic E-state index is -0.0660. The summed E-state index contributed by atoms with van der Waals surface area (Å²) in [6.07, 6.45) is 1.77. The Labute approximate surface area is 108 Å². The Morgan fingerprint density at radius 3 is 2.67 bits per heavy atom. The fourth-order valence-electron chi connectivity index (χ4n) is 1.97. The summed E-state index contributed by atoms with van der Waals surface area (Å²) in [4.78, 5) is 18.0. The molecule has 0 aliphatic carbocycles. The van der Waals surface area contributed by atoms with Gasteiger partial charge in [0.15, 0.2) is 4.77 Å². The van der Waals surface area contributed by atoms with Gasteiger partial charge in [-0.05, 0) is 23.8 Å². The highest BCUT2D eigenvalue weighted by Crippen LogP contribution is 2.06. The fraction of sp³-hybridized carbons (Fsp3) is 0.0769. The van der Waals surface area contributed by atoms with E-state index in [0.29, 0.717) is 16.8 Å². The molecule has 0 unspecified atom stereocenters. The summed E-state index contributed by atoms with van der Waals surface area (Å²) >= 11 is 4.99. The second-order valence-electron chi connectivity index (χ2n) is 4.10. The molecule has 0 aliphatic heterocycles. The molecule has 0 atom stereocenters. The number of aromatic nitrogens is 3. The zero-order valence-electron chi connectivity index (χ0n) is 9.51. The first kappa shape index (κ1) is 11.0. The minimum Gasteiger partial charge on any atom is -0.331 e. The van der Waals surface area contributed by atoms with E-state index in [-0.39, 0.29) is 5.56 Å². The van der Waals surface area contributed by atoms with Gasteiger partial charge in [-0.1, -0.05) is 30.3 Å². The highest BCUT2D eigenvalue weighted by molar-refractivity contribution is 7.71. The quantitative estimate of drug-likeness (QED) is 0.693. The predicted octanol–water partition coefficient (Wildman–Crippen LogP) is 2.44. The molecule has 5 heteroatoms. The second kappa shape index (κ2) is 4.27. The first-order valence-electron chi connectivity index (χ1n) is 5.59. The molecule has 0 aliphatic rings. The van der Waals surface area contributed by atoms with Gasteiger partial charge in [0.25, 0.3) is 5.56 Å². The third-order valence-electron chi connectivity index (χ3n) is 2.85. The van der Waals surface area contributed by atoms with E-state index in [0.717, 1.165) is 11.1 Å². The Morgan fingerprint density at radius 2 is 1.89 bits per heavy atom. The molecule has 0 amide bonds. The third-order valence-corrected chi connectivity index (χ3v) is 3.05. The Bertz CT molecular complexity index is 798. The predicted molar refractivity (Wildman–Crippen MR) is 73.3 cm³/mol. The normalized spacial score (nSPS) is 10.9. The number of H-pyrrole nitrogens is 2. The fourth-order valence-corrected chi connectivity index (χ4v) is 2.18. The van der Waals surface area contributed by atoms with E-state index in [1.807, 2.05) is 36.4 Å². The molecule has 3 aromatic rings. The standard InChI is InChI=1S/C13H11N3OS/c17-12-11-10(14-13(18)15-11)6-7-16(12)8-9-4-2-1-3-5-9/h1-7H,8H2,(H2,14,15,18). The molecule has 2 aromatic heterocycles. The zero-order chi connectivity index (χ0) is 12.5. The topological polar surface area (TPSA) is 53.6 Å². The van der Waals surface area contributed by atoms with Crippen LogP contribution in [-0.2, 0) is 6.54 Å². The number of rotatable bonds is 2. The molecule has 0 saturated heterocycles. The summed E-state index contributed by atoms with van der Waals surface area (Å²) in [5, 5.41) is 0. The zero-order valence-corrected chi connectivity index (χ0v) is 10.3. The van der Waals surface area contributed by atoms with Gasteiger partial charge >= 0.3 is 0 Å². The molecule has 90 valence electrons. The highest BCUT2D eigenvalue weighted by Gasteiger charge is 2.04. The number of aromatic amines is 2. The summed E-state index contributed by atoms with van der Waals surface area (Å²) in [5.74, 6) is 0. The van der Waals surface area contributed by atoms with E-state index in [1.54, 1.807) is 10.8 Å². The van der Waals surface area contributed by atoms with Crippen LogP contribution in [0.25, 0.3) is 11.0 Å². The third kappa shape index (κ3) is 1.89. The van der Waals surface area contributed by atoms with E-state index in [9.17, 15) is 4.79 Å². The van der Waals surface area contributed by atoms with Crippen LogP contribution >= 0.6 is 12.2 Å². The summed E-state index contributed by atoms with van der Waals surface area (Å²) in [5.41, 5.74) is 2.30. The maximum atomic E-state index is 12.2. The lowest BCUT2D eigenvalue weighted by Crippen LogP contribution is -2.20. The molecule has 0 radical (unpaired) electrons. The van der Waals surface area contributed by atoms with Crippen LogP contribution in [0.3, 0.4) is 0 Å². The molecule has 2 heterocycles. The van der Waals surface area contributed by atoms with Crippen molar-refractivity contribution in [1.82, 2.24) is 14.5 Å². The molecule has 3 rings (SSSR count). The van der Waals surface area contributed by atoms with E-state index in [1.165, 1.54) is 0 Å². The van der Waals surface area contributed by atoms with Crippen LogP contribution in [-0.4, -0.2) is 14.5 Å². The lowest BCUT2D eigenvalue weighted by molar-refractivity contribution is 0.766. The number of pyridine rings is 1. The van der Waals surface area contributed by atoms with Gasteiger partial charge in [-0.15, -0.1) is 0 Å². The average molecular weight is 257 g/mol. The van der Waals surface area contributed by atoms with Gasteiger partial charge in [0.2, 0.25) is 0 Å². The lowest BCUT2D eigenvalue weighted by atomic mass is 10.2. The van der Waals surface area contributed by atoms with Crippen LogP contribution in [0.5, 0.6) is 0 Å². The lowest BCUT2D eigenvalue weighted by Gasteiger charge is -2.05. The van der Waals surface area contributed by atoms with Gasteiger partial charge in [-0.2, -0.15) is 0 Å². The molecule has 4 nitrogen and oxygen atoms in total. The number of nitrogens with one attached hydrogen (secondary N) is 2. The highest BCUT2D eigenvalue weighted by atomic mass is 32.1. The first-order valence-corrected chi connectivity index (χ1v) is 6.00. The summed E-state index contributed by atoms with van der Waals surface area (Å²) < 4.78 is 2.14. The van der Waals surface area contributed by atoms with Gasteiger partial charge in [-0.25, -0.2) is 0 Å². The summed E-state index contributed by atoms with van der Waals surface area (Å²) in [7, 11) is 0. The van der Waals surface area contributed by atoms with Crippen molar-refractivity contribution in [3.8, 4) is 0 Å². The van der Waals surface area contributed by atoms with E-state index in [2.05, 4.69) is 9.97 Å². The SMILES string of the molecule is O=c1c2[nH]c(=S)[nH]c2ccn1Cc1ccccc1. The molecule has 0 saturated carbocycles. The van der Waals surface area contributed by atoms with Gasteiger partial charge in [0, 0.05) is 6.20 Å². The van der Waals surface area contributed by atoms with Crippen molar-refractivity contribution in [2.75, 3.05) is 0 Å². The Hall–Kier alpha value is -2.14. The average Bonchev–Trinajstić information content (AvgIpc) is 2.76. The Balaban J connectivity index is 2.10. The molecular weight excluding hydrogens is 246 g/mol. The maximum absolute atomic E-state index is 12.2. The number of fused-ring (bicyclic) bond motifs is 1. The minimum absolute atomic E-state index is 0.0660. The van der Waals surface area contributed by atoms with Gasteiger partial charge in [-0.3, -0.25) is 4.79 Å². The second-order valence-corrected chi connectivity index (χ2v) is 4.51. The van der Waals surface area contributed by atoms with E-state index >= 15 is 0 Å². The number of imidazole rings is 1. The number of nitrogens with zero attached hydrogens (tertiary/aromatic N) is 1. The van der Waals surface area contributed by atoms with Gasteiger partial charge in [0.1, 0.15) is 5.52 Å². The van der Waals surface area contributed by atoms with Crippen LogP contribution in [0, 0.1) is 4.77 Å². The van der Waals surface area contributed by atoms with E-state index < -0.39 is 0 Å². The first-order chi connectivity index (χ1) is 8.74. The van der Waals surface area contributed by atoms with Crippen molar-refractivity contribution in [3.05, 3.63) is 63.3 Å². The van der Waals surface area contributed by atoms with Gasteiger partial charge < -0.3 is 14.5 Å². The molecular formula is C13H11N3OS. The molecule has 1 aromatic carbocycles. The van der Waals surface area contributed by atoms with Crippen LogP contribution in [0.4, 0.5) is 0 Å². The number of hydrogen-bond donors (Lipinski definition) is 2. The summed E-state index contributed by atoms with van der Waals surface area (Å²) in [6.45, 7) is 0.557. The number of hydrogen-bond acceptors (Lipinski definition) is 2. The molecule has 0 spiro atoms. The van der Waals surface area contributed by atoms with Crippen LogP contribution in [0.2, 0.25) is 0 Å². The maximum Gasteiger partial charge on any atom is 0.276 e. The monoisotopic (exact) mass is 257 g/mol. The van der Waals surface area contributed by atoms with Crippen molar-refractivity contribution in [2.45, 2.75) is 6.54 Å². The van der Waals surface area contributed by atoms with Crippen LogP contribution in [0.15, 0.2) is 47.4 Å². The van der Waals surface area contributed by atoms with Crippen molar-refractivity contribution in [2.24, 2.45) is 0 Å². The molecule has 18 heavy (non-hydrogen) atoms. The molecule has 0 fully saturated rings. The Morgan fingerprint density at radius 1 is 1.11 bits per heavy atom. The number of benzene rings is 1. The van der Waals surface area contributed by atoms with Crippen LogP contribution < -0.4 is 5.56 Å². The van der Waals surface area contributed by atoms with E-state index in [4.69, 9.17) is 12.2 Å². The molecule has 2 N–H and O–H groups in total. The smallest absolute Gasteiger partial charge is 0.276 e. The van der Waals surface area contributed by atoms with Crippen molar-refractivity contribution in [3.63, 3.8) is 0 Å². The largest absolute Gasteiger partial charge is 0.331 e. The van der Waals surface area contributed by atoms with Crippen LogP contribution in [0.1, 0.15) is 5.56 Å².